The largest absolute Gasteiger partial charge is 0.454 e. The van der Waals surface area contributed by atoms with Gasteiger partial charge in [-0.25, -0.2) is 4.39 Å². The maximum atomic E-state index is 13.3. The van der Waals surface area contributed by atoms with Crippen LogP contribution >= 0.6 is 11.6 Å². The minimum absolute atomic E-state index is 0.000598. The van der Waals surface area contributed by atoms with Crippen molar-refractivity contribution in [2.24, 2.45) is 5.92 Å². The minimum Gasteiger partial charge on any atom is -0.454 e. The van der Waals surface area contributed by atoms with Gasteiger partial charge in [0.25, 0.3) is 5.91 Å². The monoisotopic (exact) mass is 714 g/mol. The Kier molecular flexibility index (Phi) is 11.0. The molecule has 17 heteroatoms. The van der Waals surface area contributed by atoms with Gasteiger partial charge in [0.1, 0.15) is 5.82 Å². The van der Waals surface area contributed by atoms with E-state index in [1.165, 1.54) is 30.3 Å². The number of anilines is 4. The van der Waals surface area contributed by atoms with Crippen molar-refractivity contribution in [1.29, 1.82) is 0 Å². The van der Waals surface area contributed by atoms with E-state index in [4.69, 9.17) is 16.3 Å². The van der Waals surface area contributed by atoms with E-state index in [0.717, 1.165) is 24.5 Å². The molecular formula is C33H31ClF4N8O4. The van der Waals surface area contributed by atoms with E-state index in [2.05, 4.69) is 41.5 Å². The number of halogens is 5. The van der Waals surface area contributed by atoms with Gasteiger partial charge in [-0.05, 0) is 78.9 Å². The highest BCUT2D eigenvalue weighted by Gasteiger charge is 2.45. The van der Waals surface area contributed by atoms with Crippen LogP contribution < -0.4 is 31.3 Å². The van der Waals surface area contributed by atoms with Crippen molar-refractivity contribution >= 4 is 52.6 Å². The number of ether oxygens (including phenoxy) is 1. The maximum Gasteiger partial charge on any atom is 0.422 e. The molecule has 1 heterocycles. The van der Waals surface area contributed by atoms with Gasteiger partial charge >= 0.3 is 24.0 Å². The average molecular weight is 715 g/mol. The second-order valence-electron chi connectivity index (χ2n) is 11.6. The Labute approximate surface area is 288 Å². The van der Waals surface area contributed by atoms with E-state index in [0.29, 0.717) is 16.3 Å². The maximum absolute atomic E-state index is 13.3. The molecule has 4 aromatic rings. The van der Waals surface area contributed by atoms with Crippen molar-refractivity contribution in [1.82, 2.24) is 25.6 Å². The van der Waals surface area contributed by atoms with Gasteiger partial charge in [-0.2, -0.15) is 28.1 Å². The summed E-state index contributed by atoms with van der Waals surface area (Å²) < 4.78 is 56.8. The molecule has 1 aliphatic carbocycles. The lowest BCUT2D eigenvalue weighted by Crippen LogP contribution is -2.40. The molecule has 1 unspecified atom stereocenters. The number of nitrogens with zero attached hydrogens (tertiary/aromatic N) is 3. The lowest BCUT2D eigenvalue weighted by Gasteiger charge is -2.19. The van der Waals surface area contributed by atoms with Crippen molar-refractivity contribution < 1.29 is 36.7 Å². The molecule has 12 nitrogen and oxygen atoms in total. The smallest absolute Gasteiger partial charge is 0.422 e. The number of rotatable bonds is 13. The Morgan fingerprint density at radius 2 is 1.56 bits per heavy atom. The van der Waals surface area contributed by atoms with Crippen LogP contribution in [0.1, 0.15) is 35.7 Å². The fourth-order valence-corrected chi connectivity index (χ4v) is 4.78. The summed E-state index contributed by atoms with van der Waals surface area (Å²) in [6.45, 7) is 0.405. The number of benzene rings is 3. The molecule has 0 aliphatic heterocycles. The van der Waals surface area contributed by atoms with Crippen LogP contribution in [-0.4, -0.2) is 58.5 Å². The van der Waals surface area contributed by atoms with Crippen LogP contribution in [0.2, 0.25) is 5.02 Å². The molecule has 5 rings (SSSR count). The number of alkyl halides is 3. The van der Waals surface area contributed by atoms with E-state index in [-0.39, 0.29) is 36.6 Å². The van der Waals surface area contributed by atoms with Gasteiger partial charge < -0.3 is 31.3 Å². The zero-order valence-corrected chi connectivity index (χ0v) is 27.2. The van der Waals surface area contributed by atoms with Gasteiger partial charge in [0.2, 0.25) is 11.9 Å². The Morgan fingerprint density at radius 1 is 0.880 bits per heavy atom. The van der Waals surface area contributed by atoms with Crippen LogP contribution in [0.25, 0.3) is 0 Å². The molecule has 1 aromatic heterocycles. The summed E-state index contributed by atoms with van der Waals surface area (Å²) in [5.74, 6) is -3.19. The molecule has 3 aromatic carbocycles. The molecular weight excluding hydrogens is 684 g/mol. The highest BCUT2D eigenvalue weighted by atomic mass is 35.5. The molecule has 1 aliphatic rings. The SMILES string of the molecule is CC(CNC(=O)C(=O)Nc1cccc(F)c1)CNC(=O)c1ccc(Nc2nc(NC3(c4ccc(Cl)cc4)CC3)nc(OCC(F)(F)F)n2)cc1. The third-order valence-electron chi connectivity index (χ3n) is 7.39. The molecule has 262 valence electrons. The van der Waals surface area contributed by atoms with Gasteiger partial charge in [0, 0.05) is 35.1 Å². The van der Waals surface area contributed by atoms with Crippen LogP contribution in [0, 0.1) is 11.7 Å². The first kappa shape index (κ1) is 35.8. The van der Waals surface area contributed by atoms with E-state index in [1.54, 1.807) is 31.2 Å². The standard InChI is InChI=1S/C33H31ClF4N8O4/c1-19(17-40-27(48)28(49)41-25-4-2-3-23(35)15-25)16-39-26(47)20-5-11-24(12-6-20)42-29-43-30(45-31(44-29)50-18-33(36,37)38)46-32(13-14-32)21-7-9-22(34)10-8-21/h2-12,15,19H,13-14,16-18H2,1H3,(H,39,47)(H,40,48)(H,41,49)(H2,42,43,44,45,46). The summed E-state index contributed by atoms with van der Waals surface area (Å²) >= 11 is 6.02. The number of carbonyl (C=O) groups excluding carboxylic acids is 3. The third-order valence-corrected chi connectivity index (χ3v) is 7.64. The second kappa shape index (κ2) is 15.4. The third kappa shape index (κ3) is 10.2. The summed E-state index contributed by atoms with van der Waals surface area (Å²) in [6.07, 6.45) is -3.15. The van der Waals surface area contributed by atoms with Crippen LogP contribution in [-0.2, 0) is 15.1 Å². The normalized spacial score (nSPS) is 13.8. The summed E-state index contributed by atoms with van der Waals surface area (Å²) in [4.78, 5) is 49.3. The summed E-state index contributed by atoms with van der Waals surface area (Å²) in [6, 6.07) is 17.9. The fraction of sp³-hybridized carbons (Fsp3) is 0.273. The summed E-state index contributed by atoms with van der Waals surface area (Å²) in [5, 5.41) is 14.2. The zero-order valence-electron chi connectivity index (χ0n) is 26.4. The first-order valence-corrected chi connectivity index (χ1v) is 15.6. The van der Waals surface area contributed by atoms with Crippen molar-refractivity contribution in [3.05, 3.63) is 94.8 Å². The van der Waals surface area contributed by atoms with Crippen molar-refractivity contribution in [2.75, 3.05) is 35.6 Å². The molecule has 0 radical (unpaired) electrons. The summed E-state index contributed by atoms with van der Waals surface area (Å²) in [7, 11) is 0. The molecule has 0 saturated heterocycles. The van der Waals surface area contributed by atoms with E-state index < -0.39 is 47.9 Å². The first-order chi connectivity index (χ1) is 23.8. The molecule has 5 N–H and O–H groups in total. The molecule has 0 spiro atoms. The van der Waals surface area contributed by atoms with Crippen LogP contribution in [0.3, 0.4) is 0 Å². The Bertz CT molecular complexity index is 1840. The number of amides is 3. The van der Waals surface area contributed by atoms with E-state index in [1.807, 2.05) is 12.1 Å². The molecule has 1 atom stereocenters. The Balaban J connectivity index is 1.15. The van der Waals surface area contributed by atoms with Crippen molar-refractivity contribution in [2.45, 2.75) is 31.5 Å². The van der Waals surface area contributed by atoms with E-state index in [9.17, 15) is 31.9 Å². The highest BCUT2D eigenvalue weighted by molar-refractivity contribution is 6.39. The molecule has 1 fully saturated rings. The molecule has 0 bridgehead atoms. The average Bonchev–Trinajstić information content (AvgIpc) is 3.85. The fourth-order valence-electron chi connectivity index (χ4n) is 4.65. The number of hydrogen-bond donors (Lipinski definition) is 5. The Hall–Kier alpha value is -5.51. The number of hydrogen-bond acceptors (Lipinski definition) is 9. The lowest BCUT2D eigenvalue weighted by atomic mass is 10.1. The minimum atomic E-state index is -4.61. The van der Waals surface area contributed by atoms with Crippen molar-refractivity contribution in [3.63, 3.8) is 0 Å². The van der Waals surface area contributed by atoms with Crippen LogP contribution in [0.4, 0.5) is 40.8 Å². The van der Waals surface area contributed by atoms with Gasteiger partial charge in [0.05, 0.1) is 5.54 Å². The quantitative estimate of drug-likeness (QED) is 0.0882. The zero-order chi connectivity index (χ0) is 35.9. The van der Waals surface area contributed by atoms with Gasteiger partial charge in [-0.15, -0.1) is 0 Å². The molecule has 3 amide bonds. The highest BCUT2D eigenvalue weighted by Crippen LogP contribution is 2.48. The van der Waals surface area contributed by atoms with Gasteiger partial charge in [-0.1, -0.05) is 36.7 Å². The van der Waals surface area contributed by atoms with Crippen LogP contribution in [0.5, 0.6) is 6.01 Å². The second-order valence-corrected chi connectivity index (χ2v) is 12.0. The van der Waals surface area contributed by atoms with Crippen LogP contribution in [0.15, 0.2) is 72.8 Å². The molecule has 50 heavy (non-hydrogen) atoms. The predicted octanol–water partition coefficient (Wildman–Crippen LogP) is 5.57. The number of aromatic nitrogens is 3. The topological polar surface area (TPSA) is 159 Å². The van der Waals surface area contributed by atoms with Gasteiger partial charge in [-0.3, -0.25) is 14.4 Å². The van der Waals surface area contributed by atoms with Crippen molar-refractivity contribution in [3.8, 4) is 6.01 Å². The number of carbonyl (C=O) groups is 3. The molecule has 1 saturated carbocycles. The van der Waals surface area contributed by atoms with E-state index >= 15 is 0 Å². The lowest BCUT2D eigenvalue weighted by molar-refractivity contribution is -0.154. The predicted molar refractivity (Wildman–Crippen MR) is 177 cm³/mol. The van der Waals surface area contributed by atoms with Gasteiger partial charge in [0.15, 0.2) is 6.61 Å². The number of nitrogens with one attached hydrogen (secondary N) is 5. The Morgan fingerprint density at radius 3 is 2.22 bits per heavy atom. The first-order valence-electron chi connectivity index (χ1n) is 15.3. The summed E-state index contributed by atoms with van der Waals surface area (Å²) in [5.41, 5.74) is 1.24.